The van der Waals surface area contributed by atoms with Gasteiger partial charge in [0.05, 0.1) is 12.1 Å². The number of guanidine groups is 1. The zero-order valence-corrected chi connectivity index (χ0v) is 7.01. The van der Waals surface area contributed by atoms with Crippen LogP contribution in [0.2, 0.25) is 0 Å². The molecule has 62 valence electrons. The van der Waals surface area contributed by atoms with Crippen molar-refractivity contribution in [2.75, 3.05) is 13.1 Å². The van der Waals surface area contributed by atoms with E-state index in [2.05, 4.69) is 16.8 Å². The van der Waals surface area contributed by atoms with E-state index in [1.165, 1.54) is 19.3 Å². The van der Waals surface area contributed by atoms with Crippen LogP contribution in [-0.2, 0) is 0 Å². The van der Waals surface area contributed by atoms with Crippen LogP contribution in [0.1, 0.15) is 26.2 Å². The van der Waals surface area contributed by atoms with E-state index in [0.29, 0.717) is 5.54 Å². The van der Waals surface area contributed by atoms with Gasteiger partial charge in [-0.25, -0.2) is 0 Å². The zero-order valence-electron chi connectivity index (χ0n) is 7.01. The number of likely N-dealkylation sites (N-methyl/N-ethyl adjacent to an activating group) is 1. The fourth-order valence-electron chi connectivity index (χ4n) is 2.15. The molecule has 2 rings (SSSR count). The van der Waals surface area contributed by atoms with Crippen molar-refractivity contribution in [1.82, 2.24) is 4.90 Å². The van der Waals surface area contributed by atoms with E-state index in [1.54, 1.807) is 0 Å². The summed E-state index contributed by atoms with van der Waals surface area (Å²) in [5.74, 6) is 0.757. The van der Waals surface area contributed by atoms with E-state index < -0.39 is 0 Å². The van der Waals surface area contributed by atoms with Gasteiger partial charge in [0, 0.05) is 6.54 Å². The molecular weight excluding hydrogens is 138 g/mol. The van der Waals surface area contributed by atoms with Crippen LogP contribution in [0.3, 0.4) is 0 Å². The van der Waals surface area contributed by atoms with Crippen LogP contribution in [0.5, 0.6) is 0 Å². The van der Waals surface area contributed by atoms with Gasteiger partial charge in [-0.1, -0.05) is 0 Å². The molecule has 0 aromatic heterocycles. The van der Waals surface area contributed by atoms with Gasteiger partial charge in [0.1, 0.15) is 0 Å². The highest BCUT2D eigenvalue weighted by atomic mass is 15.4. The molecule has 0 aromatic rings. The Morgan fingerprint density at radius 1 is 1.64 bits per heavy atom. The maximum atomic E-state index is 5.75. The molecule has 0 saturated heterocycles. The predicted octanol–water partition coefficient (Wildman–Crippen LogP) is 0.559. The third-order valence-electron chi connectivity index (χ3n) is 2.98. The highest BCUT2D eigenvalue weighted by Gasteiger charge is 2.45. The van der Waals surface area contributed by atoms with Gasteiger partial charge < -0.3 is 10.6 Å². The topological polar surface area (TPSA) is 41.6 Å². The van der Waals surface area contributed by atoms with Crippen LogP contribution in [0.25, 0.3) is 0 Å². The number of nitrogens with zero attached hydrogens (tertiary/aromatic N) is 2. The van der Waals surface area contributed by atoms with E-state index in [-0.39, 0.29) is 0 Å². The summed E-state index contributed by atoms with van der Waals surface area (Å²) in [4.78, 5) is 6.54. The molecular formula is C8H15N3. The highest BCUT2D eigenvalue weighted by Crippen LogP contribution is 2.40. The Morgan fingerprint density at radius 3 is 2.73 bits per heavy atom. The lowest BCUT2D eigenvalue weighted by Gasteiger charge is -2.45. The summed E-state index contributed by atoms with van der Waals surface area (Å²) >= 11 is 0. The van der Waals surface area contributed by atoms with Crippen molar-refractivity contribution >= 4 is 5.96 Å². The minimum absolute atomic E-state index is 0.360. The van der Waals surface area contributed by atoms with E-state index in [4.69, 9.17) is 5.73 Å². The Hall–Kier alpha value is -0.730. The Bertz CT molecular complexity index is 194. The summed E-state index contributed by atoms with van der Waals surface area (Å²) in [5.41, 5.74) is 6.11. The summed E-state index contributed by atoms with van der Waals surface area (Å²) in [6.07, 6.45) is 3.91. The van der Waals surface area contributed by atoms with E-state index in [0.717, 1.165) is 19.0 Å². The summed E-state index contributed by atoms with van der Waals surface area (Å²) in [6, 6.07) is 0. The monoisotopic (exact) mass is 153 g/mol. The first-order chi connectivity index (χ1) is 5.28. The second-order valence-corrected chi connectivity index (χ2v) is 3.50. The van der Waals surface area contributed by atoms with Gasteiger partial charge in [-0.05, 0) is 26.2 Å². The van der Waals surface area contributed by atoms with Crippen LogP contribution in [-0.4, -0.2) is 29.5 Å². The molecule has 1 saturated carbocycles. The van der Waals surface area contributed by atoms with Crippen molar-refractivity contribution < 1.29 is 0 Å². The first kappa shape index (κ1) is 6.95. The number of aliphatic imine (C=N–C) groups is 1. The molecule has 1 aliphatic carbocycles. The first-order valence-corrected chi connectivity index (χ1v) is 4.36. The molecule has 2 N–H and O–H groups in total. The standard InChI is InChI=1S/C8H15N3/c1-2-11-7(9)10-6-8(11)4-3-5-8/h2-6H2,1H3,(H2,9,10). The number of hydrogen-bond donors (Lipinski definition) is 1. The smallest absolute Gasteiger partial charge is 0.191 e. The van der Waals surface area contributed by atoms with Gasteiger partial charge in [0.25, 0.3) is 0 Å². The van der Waals surface area contributed by atoms with Crippen molar-refractivity contribution in [3.63, 3.8) is 0 Å². The van der Waals surface area contributed by atoms with Crippen LogP contribution in [0.15, 0.2) is 4.99 Å². The van der Waals surface area contributed by atoms with Crippen molar-refractivity contribution in [2.45, 2.75) is 31.7 Å². The van der Waals surface area contributed by atoms with Gasteiger partial charge in [-0.2, -0.15) is 0 Å². The molecule has 0 aromatic carbocycles. The Morgan fingerprint density at radius 2 is 2.36 bits per heavy atom. The third-order valence-corrected chi connectivity index (χ3v) is 2.98. The first-order valence-electron chi connectivity index (χ1n) is 4.36. The van der Waals surface area contributed by atoms with Crippen LogP contribution < -0.4 is 5.73 Å². The second kappa shape index (κ2) is 2.13. The third kappa shape index (κ3) is 0.767. The molecule has 1 heterocycles. The maximum absolute atomic E-state index is 5.75. The molecule has 3 nitrogen and oxygen atoms in total. The molecule has 0 bridgehead atoms. The lowest BCUT2D eigenvalue weighted by Crippen LogP contribution is -2.55. The SMILES string of the molecule is CCN1C(N)=NCC12CCC2. The molecule has 1 spiro atoms. The van der Waals surface area contributed by atoms with Crippen molar-refractivity contribution in [2.24, 2.45) is 10.7 Å². The molecule has 0 radical (unpaired) electrons. The Labute approximate surface area is 67.3 Å². The largest absolute Gasteiger partial charge is 0.370 e. The quantitative estimate of drug-likeness (QED) is 0.598. The minimum atomic E-state index is 0.360. The summed E-state index contributed by atoms with van der Waals surface area (Å²) in [5, 5.41) is 0. The van der Waals surface area contributed by atoms with Crippen LogP contribution in [0, 0.1) is 0 Å². The van der Waals surface area contributed by atoms with Gasteiger partial charge in [-0.3, -0.25) is 4.99 Å². The molecule has 1 aliphatic heterocycles. The normalized spacial score (nSPS) is 27.0. The van der Waals surface area contributed by atoms with Gasteiger partial charge in [-0.15, -0.1) is 0 Å². The Kier molecular flexibility index (Phi) is 1.34. The van der Waals surface area contributed by atoms with E-state index in [9.17, 15) is 0 Å². The fraction of sp³-hybridized carbons (Fsp3) is 0.875. The van der Waals surface area contributed by atoms with E-state index >= 15 is 0 Å². The molecule has 11 heavy (non-hydrogen) atoms. The van der Waals surface area contributed by atoms with Gasteiger partial charge >= 0.3 is 0 Å². The number of rotatable bonds is 1. The Balaban J connectivity index is 2.15. The second-order valence-electron chi connectivity index (χ2n) is 3.50. The minimum Gasteiger partial charge on any atom is -0.370 e. The maximum Gasteiger partial charge on any atom is 0.191 e. The zero-order chi connectivity index (χ0) is 7.90. The van der Waals surface area contributed by atoms with Crippen molar-refractivity contribution in [1.29, 1.82) is 0 Å². The molecule has 0 atom stereocenters. The molecule has 0 unspecified atom stereocenters. The van der Waals surface area contributed by atoms with Crippen molar-refractivity contribution in [3.8, 4) is 0 Å². The van der Waals surface area contributed by atoms with Crippen LogP contribution >= 0.6 is 0 Å². The number of nitrogens with two attached hydrogens (primary N) is 1. The van der Waals surface area contributed by atoms with Gasteiger partial charge in [0.15, 0.2) is 5.96 Å². The molecule has 2 aliphatic rings. The van der Waals surface area contributed by atoms with Crippen LogP contribution in [0.4, 0.5) is 0 Å². The lowest BCUT2D eigenvalue weighted by atomic mass is 9.76. The molecule has 0 amide bonds. The fourth-order valence-corrected chi connectivity index (χ4v) is 2.15. The summed E-state index contributed by atoms with van der Waals surface area (Å²) < 4.78 is 0. The molecule has 1 fully saturated rings. The predicted molar refractivity (Wildman–Crippen MR) is 45.5 cm³/mol. The summed E-state index contributed by atoms with van der Waals surface area (Å²) in [7, 11) is 0. The average Bonchev–Trinajstić information content (AvgIpc) is 2.25. The van der Waals surface area contributed by atoms with Gasteiger partial charge in [0.2, 0.25) is 0 Å². The summed E-state index contributed by atoms with van der Waals surface area (Å²) in [6.45, 7) is 4.09. The molecule has 3 heteroatoms. The number of hydrogen-bond acceptors (Lipinski definition) is 3. The lowest BCUT2D eigenvalue weighted by molar-refractivity contribution is 0.106. The average molecular weight is 153 g/mol. The van der Waals surface area contributed by atoms with E-state index in [1.807, 2.05) is 0 Å². The highest BCUT2D eigenvalue weighted by molar-refractivity contribution is 5.81. The van der Waals surface area contributed by atoms with Crippen molar-refractivity contribution in [3.05, 3.63) is 0 Å².